The second-order valence-corrected chi connectivity index (χ2v) is 4.48. The Bertz CT molecular complexity index is 352. The molecule has 0 fully saturated rings. The van der Waals surface area contributed by atoms with E-state index in [0.29, 0.717) is 0 Å². The SMILES string of the molecule is CCCN1[C+]=CC(=C2C=[C+]N(CCC)C=C2)C=C1. The van der Waals surface area contributed by atoms with Crippen molar-refractivity contribution in [1.82, 2.24) is 9.80 Å². The molecule has 2 nitrogen and oxygen atoms in total. The summed E-state index contributed by atoms with van der Waals surface area (Å²) < 4.78 is 0. The van der Waals surface area contributed by atoms with E-state index in [0.717, 1.165) is 25.9 Å². The minimum atomic E-state index is 1.03. The van der Waals surface area contributed by atoms with Gasteiger partial charge in [0.2, 0.25) is 0 Å². The molecule has 0 aliphatic carbocycles. The van der Waals surface area contributed by atoms with Crippen molar-refractivity contribution in [3.8, 4) is 0 Å². The molecule has 0 unspecified atom stereocenters. The van der Waals surface area contributed by atoms with Crippen LogP contribution in [-0.4, -0.2) is 22.9 Å². The Morgan fingerprint density at radius 1 is 0.833 bits per heavy atom. The average Bonchev–Trinajstić information content (AvgIpc) is 2.41. The minimum Gasteiger partial charge on any atom is -0.205 e. The number of hydrogen-bond acceptors (Lipinski definition) is 2. The molecule has 2 heterocycles. The van der Waals surface area contributed by atoms with Crippen LogP contribution in [0.4, 0.5) is 0 Å². The van der Waals surface area contributed by atoms with Crippen LogP contribution in [0.5, 0.6) is 0 Å². The van der Waals surface area contributed by atoms with E-state index in [1.54, 1.807) is 0 Å². The van der Waals surface area contributed by atoms with Crippen LogP contribution in [0.2, 0.25) is 0 Å². The molecule has 0 bridgehead atoms. The maximum atomic E-state index is 3.27. The van der Waals surface area contributed by atoms with Crippen LogP contribution in [0.3, 0.4) is 0 Å². The predicted octanol–water partition coefficient (Wildman–Crippen LogP) is 3.40. The zero-order valence-corrected chi connectivity index (χ0v) is 11.2. The molecule has 0 spiro atoms. The lowest BCUT2D eigenvalue weighted by Crippen LogP contribution is -2.15. The zero-order valence-electron chi connectivity index (χ0n) is 11.2. The summed E-state index contributed by atoms with van der Waals surface area (Å²) in [6, 6.07) is 0. The molecule has 0 saturated carbocycles. The molecule has 0 saturated heterocycles. The minimum absolute atomic E-state index is 1.03. The molecule has 2 rings (SSSR count). The van der Waals surface area contributed by atoms with E-state index in [-0.39, 0.29) is 0 Å². The quantitative estimate of drug-likeness (QED) is 0.695. The van der Waals surface area contributed by atoms with Crippen molar-refractivity contribution < 1.29 is 0 Å². The van der Waals surface area contributed by atoms with E-state index in [9.17, 15) is 0 Å². The molecule has 0 radical (unpaired) electrons. The Morgan fingerprint density at radius 2 is 1.28 bits per heavy atom. The van der Waals surface area contributed by atoms with Gasteiger partial charge in [-0.25, -0.2) is 9.80 Å². The maximum absolute atomic E-state index is 3.27. The largest absolute Gasteiger partial charge is 0.205 e. The molecule has 0 N–H and O–H groups in total. The van der Waals surface area contributed by atoms with Gasteiger partial charge < -0.3 is 0 Å². The van der Waals surface area contributed by atoms with Crippen LogP contribution in [0.25, 0.3) is 0 Å². The molecule has 0 amide bonds. The maximum Gasteiger partial charge on any atom is 0.153 e. The summed E-state index contributed by atoms with van der Waals surface area (Å²) in [5.74, 6) is 0. The van der Waals surface area contributed by atoms with E-state index in [1.807, 2.05) is 12.2 Å². The van der Waals surface area contributed by atoms with E-state index in [1.165, 1.54) is 11.1 Å². The molecular formula is C16H20N2+2. The highest BCUT2D eigenvalue weighted by Crippen LogP contribution is 2.18. The number of rotatable bonds is 4. The Balaban J connectivity index is 2.03. The Hall–Kier alpha value is -1.88. The van der Waals surface area contributed by atoms with Gasteiger partial charge in [-0.15, -0.1) is 0 Å². The molecule has 0 aromatic heterocycles. The molecule has 2 heteroatoms. The summed E-state index contributed by atoms with van der Waals surface area (Å²) in [5, 5.41) is 0. The summed E-state index contributed by atoms with van der Waals surface area (Å²) in [7, 11) is 0. The second kappa shape index (κ2) is 6.16. The van der Waals surface area contributed by atoms with Crippen molar-refractivity contribution in [3.63, 3.8) is 0 Å². The zero-order chi connectivity index (χ0) is 12.8. The topological polar surface area (TPSA) is 6.48 Å². The van der Waals surface area contributed by atoms with Gasteiger partial charge in [-0.2, -0.15) is 0 Å². The standard InChI is InChI=1S/C16H20N2/c1-3-9-17-11-5-15(6-12-17)16-7-13-18(10-4-2)14-8-16/h5-8,11,13H,3-4,9-10H2,1-2H3/q+2. The number of nitrogens with zero attached hydrogens (tertiary/aromatic N) is 2. The third-order valence-corrected chi connectivity index (χ3v) is 2.90. The smallest absolute Gasteiger partial charge is 0.153 e. The van der Waals surface area contributed by atoms with Crippen molar-refractivity contribution >= 4 is 0 Å². The van der Waals surface area contributed by atoms with Gasteiger partial charge in [-0.05, 0) is 12.8 Å². The van der Waals surface area contributed by atoms with Crippen LogP contribution in [0, 0.1) is 12.4 Å². The van der Waals surface area contributed by atoms with Crippen LogP contribution in [0.1, 0.15) is 26.7 Å². The lowest BCUT2D eigenvalue weighted by molar-refractivity contribution is 0.476. The first kappa shape index (κ1) is 12.6. The molecular weight excluding hydrogens is 220 g/mol. The van der Waals surface area contributed by atoms with E-state index in [4.69, 9.17) is 0 Å². The Morgan fingerprint density at radius 3 is 1.56 bits per heavy atom. The molecule has 0 atom stereocenters. The fraction of sp³-hybridized carbons (Fsp3) is 0.375. The summed E-state index contributed by atoms with van der Waals surface area (Å²) in [4.78, 5) is 4.18. The number of hydrogen-bond donors (Lipinski definition) is 0. The molecule has 92 valence electrons. The highest BCUT2D eigenvalue weighted by molar-refractivity contribution is 5.47. The van der Waals surface area contributed by atoms with E-state index < -0.39 is 0 Å². The highest BCUT2D eigenvalue weighted by Gasteiger charge is 2.19. The van der Waals surface area contributed by atoms with Gasteiger partial charge in [0.05, 0.1) is 25.2 Å². The van der Waals surface area contributed by atoms with Gasteiger partial charge in [0.25, 0.3) is 0 Å². The summed E-state index contributed by atoms with van der Waals surface area (Å²) >= 11 is 0. The van der Waals surface area contributed by atoms with Crippen molar-refractivity contribution in [1.29, 1.82) is 0 Å². The lowest BCUT2D eigenvalue weighted by atomic mass is 10.0. The van der Waals surface area contributed by atoms with Crippen molar-refractivity contribution in [3.05, 3.63) is 60.3 Å². The van der Waals surface area contributed by atoms with Crippen LogP contribution < -0.4 is 0 Å². The monoisotopic (exact) mass is 240 g/mol. The van der Waals surface area contributed by atoms with Gasteiger partial charge in [-0.3, -0.25) is 0 Å². The summed E-state index contributed by atoms with van der Waals surface area (Å²) in [5.41, 5.74) is 2.39. The first-order valence-electron chi connectivity index (χ1n) is 6.66. The fourth-order valence-corrected chi connectivity index (χ4v) is 1.95. The van der Waals surface area contributed by atoms with Crippen LogP contribution >= 0.6 is 0 Å². The van der Waals surface area contributed by atoms with Crippen LogP contribution in [-0.2, 0) is 0 Å². The van der Waals surface area contributed by atoms with Crippen LogP contribution in [0.15, 0.2) is 47.9 Å². The summed E-state index contributed by atoms with van der Waals surface area (Å²) in [6.07, 6.45) is 21.4. The molecule has 2 aliphatic heterocycles. The lowest BCUT2D eigenvalue weighted by Gasteiger charge is -2.08. The van der Waals surface area contributed by atoms with Gasteiger partial charge in [0.15, 0.2) is 11.1 Å². The molecule has 0 aromatic rings. The van der Waals surface area contributed by atoms with Crippen molar-refractivity contribution in [2.24, 2.45) is 0 Å². The first-order chi connectivity index (χ1) is 8.83. The molecule has 2 aliphatic rings. The average molecular weight is 240 g/mol. The fourth-order valence-electron chi connectivity index (χ4n) is 1.95. The van der Waals surface area contributed by atoms with E-state index in [2.05, 4.69) is 60.6 Å². The van der Waals surface area contributed by atoms with Gasteiger partial charge in [0, 0.05) is 0 Å². The van der Waals surface area contributed by atoms with Gasteiger partial charge in [-0.1, -0.05) is 13.8 Å². The highest BCUT2D eigenvalue weighted by atomic mass is 15.1. The number of allylic oxidation sites excluding steroid dienone is 6. The van der Waals surface area contributed by atoms with Gasteiger partial charge >= 0.3 is 0 Å². The van der Waals surface area contributed by atoms with Crippen molar-refractivity contribution in [2.75, 3.05) is 13.1 Å². The third-order valence-electron chi connectivity index (χ3n) is 2.90. The van der Waals surface area contributed by atoms with Crippen molar-refractivity contribution in [2.45, 2.75) is 26.7 Å². The van der Waals surface area contributed by atoms with Gasteiger partial charge in [0.1, 0.15) is 37.0 Å². The predicted molar refractivity (Wildman–Crippen MR) is 74.9 cm³/mol. The molecule has 0 aromatic carbocycles. The third kappa shape index (κ3) is 3.07. The normalized spacial score (nSPS) is 21.2. The molecule has 18 heavy (non-hydrogen) atoms. The summed E-state index contributed by atoms with van der Waals surface area (Å²) in [6.45, 7) is 6.40. The second-order valence-electron chi connectivity index (χ2n) is 4.48. The first-order valence-corrected chi connectivity index (χ1v) is 6.66. The Kier molecular flexibility index (Phi) is 4.30. The van der Waals surface area contributed by atoms with E-state index >= 15 is 0 Å². The Labute approximate surface area is 110 Å².